The van der Waals surface area contributed by atoms with Gasteiger partial charge in [-0.1, -0.05) is 24.3 Å². The van der Waals surface area contributed by atoms with Crippen molar-refractivity contribution < 1.29 is 14.0 Å². The molecule has 0 radical (unpaired) electrons. The first kappa shape index (κ1) is 19.5. The number of aromatic nitrogens is 1. The molecular weight excluding hydrogens is 389 g/mol. The van der Waals surface area contributed by atoms with E-state index in [1.807, 2.05) is 39.9 Å². The Hall–Kier alpha value is -2.80. The van der Waals surface area contributed by atoms with E-state index in [9.17, 15) is 14.0 Å². The van der Waals surface area contributed by atoms with Gasteiger partial charge in [0.15, 0.2) is 0 Å². The Morgan fingerprint density at radius 1 is 1.07 bits per heavy atom. The van der Waals surface area contributed by atoms with Crippen molar-refractivity contribution in [1.29, 1.82) is 0 Å². The number of nitrogens with one attached hydrogen (secondary N) is 1. The first-order valence-electron chi connectivity index (χ1n) is 9.64. The molecule has 1 aliphatic heterocycles. The number of carbonyl (C=O) groups excluding carboxylic acids is 2. The summed E-state index contributed by atoms with van der Waals surface area (Å²) in [7, 11) is 0. The monoisotopic (exact) mass is 411 g/mol. The Balaban J connectivity index is 1.46. The molecule has 7 heteroatoms. The van der Waals surface area contributed by atoms with Crippen molar-refractivity contribution in [3.8, 4) is 0 Å². The number of rotatable bonds is 6. The number of hydrogen-bond acceptors (Lipinski definition) is 3. The van der Waals surface area contributed by atoms with Gasteiger partial charge in [0.2, 0.25) is 11.8 Å². The minimum absolute atomic E-state index is 0.128. The minimum atomic E-state index is -0.388. The number of likely N-dealkylation sites (tertiary alicyclic amines) is 1. The van der Waals surface area contributed by atoms with Gasteiger partial charge in [0, 0.05) is 40.8 Å². The number of fused-ring (bicyclic) bond motifs is 1. The Labute approximate surface area is 172 Å². The fourth-order valence-electron chi connectivity index (χ4n) is 3.58. The molecule has 1 aliphatic rings. The lowest BCUT2D eigenvalue weighted by atomic mass is 10.2. The molecule has 0 unspecified atom stereocenters. The summed E-state index contributed by atoms with van der Waals surface area (Å²) in [5.41, 5.74) is 1.42. The van der Waals surface area contributed by atoms with Crippen LogP contribution >= 0.6 is 11.8 Å². The highest BCUT2D eigenvalue weighted by molar-refractivity contribution is 8.00. The van der Waals surface area contributed by atoms with Crippen molar-refractivity contribution in [2.24, 2.45) is 0 Å². The van der Waals surface area contributed by atoms with E-state index in [1.165, 1.54) is 23.9 Å². The largest absolute Gasteiger partial charge is 0.341 e. The molecule has 1 saturated heterocycles. The molecule has 1 fully saturated rings. The highest BCUT2D eigenvalue weighted by Crippen LogP contribution is 2.30. The molecule has 2 heterocycles. The summed E-state index contributed by atoms with van der Waals surface area (Å²) in [6.45, 7) is 1.97. The fourth-order valence-corrected chi connectivity index (χ4v) is 4.47. The van der Waals surface area contributed by atoms with Crippen LogP contribution in [0.15, 0.2) is 59.6 Å². The molecule has 4 rings (SSSR count). The number of nitrogens with zero attached hydrogens (tertiary/aromatic N) is 2. The van der Waals surface area contributed by atoms with Crippen molar-refractivity contribution in [2.45, 2.75) is 24.3 Å². The Kier molecular flexibility index (Phi) is 5.85. The van der Waals surface area contributed by atoms with Gasteiger partial charge < -0.3 is 14.8 Å². The number of carbonyl (C=O) groups is 2. The van der Waals surface area contributed by atoms with E-state index in [4.69, 9.17) is 0 Å². The summed E-state index contributed by atoms with van der Waals surface area (Å²) in [6, 6.07) is 13.7. The zero-order chi connectivity index (χ0) is 20.2. The summed E-state index contributed by atoms with van der Waals surface area (Å²) < 4.78 is 15.2. The SMILES string of the molecule is O=C(CSc1cn(CC(=O)N2CCCC2)c2ccccc12)Nc1cccc(F)c1. The quantitative estimate of drug-likeness (QED) is 0.621. The first-order valence-corrected chi connectivity index (χ1v) is 10.6. The highest BCUT2D eigenvalue weighted by Gasteiger charge is 2.19. The maximum absolute atomic E-state index is 13.3. The van der Waals surface area contributed by atoms with E-state index in [0.717, 1.165) is 41.7 Å². The third-order valence-corrected chi connectivity index (χ3v) is 6.03. The van der Waals surface area contributed by atoms with Crippen LogP contribution in [0.4, 0.5) is 10.1 Å². The van der Waals surface area contributed by atoms with Crippen LogP contribution in [0, 0.1) is 5.82 Å². The third-order valence-electron chi connectivity index (χ3n) is 4.98. The molecule has 150 valence electrons. The molecule has 3 aromatic rings. The topological polar surface area (TPSA) is 54.3 Å². The lowest BCUT2D eigenvalue weighted by molar-refractivity contribution is -0.130. The number of hydrogen-bond donors (Lipinski definition) is 1. The lowest BCUT2D eigenvalue weighted by Crippen LogP contribution is -2.30. The van der Waals surface area contributed by atoms with E-state index >= 15 is 0 Å². The second kappa shape index (κ2) is 8.69. The molecule has 0 spiro atoms. The number of amides is 2. The summed E-state index contributed by atoms with van der Waals surface area (Å²) in [5.74, 6) is -0.264. The molecule has 5 nitrogen and oxygen atoms in total. The molecule has 0 saturated carbocycles. The van der Waals surface area contributed by atoms with Crippen molar-refractivity contribution >= 4 is 40.2 Å². The number of halogens is 1. The Morgan fingerprint density at radius 3 is 2.66 bits per heavy atom. The van der Waals surface area contributed by atoms with Gasteiger partial charge in [-0.3, -0.25) is 9.59 Å². The van der Waals surface area contributed by atoms with Crippen LogP contribution in [-0.2, 0) is 16.1 Å². The average Bonchev–Trinajstić information content (AvgIpc) is 3.35. The van der Waals surface area contributed by atoms with Gasteiger partial charge in [0.1, 0.15) is 12.4 Å². The van der Waals surface area contributed by atoms with Crippen LogP contribution in [0.5, 0.6) is 0 Å². The van der Waals surface area contributed by atoms with Gasteiger partial charge in [-0.15, -0.1) is 11.8 Å². The Morgan fingerprint density at radius 2 is 1.86 bits per heavy atom. The number of para-hydroxylation sites is 1. The third kappa shape index (κ3) is 4.62. The van der Waals surface area contributed by atoms with Gasteiger partial charge in [0.25, 0.3) is 0 Å². The number of benzene rings is 2. The van der Waals surface area contributed by atoms with Gasteiger partial charge in [-0.05, 0) is 37.1 Å². The molecule has 1 aromatic heterocycles. The Bertz CT molecular complexity index is 1040. The van der Waals surface area contributed by atoms with Crippen molar-refractivity contribution in [2.75, 3.05) is 24.2 Å². The summed E-state index contributed by atoms with van der Waals surface area (Å²) >= 11 is 1.41. The lowest BCUT2D eigenvalue weighted by Gasteiger charge is -2.15. The van der Waals surface area contributed by atoms with Gasteiger partial charge >= 0.3 is 0 Å². The predicted octanol–water partition coefficient (Wildman–Crippen LogP) is 4.13. The first-order chi connectivity index (χ1) is 14.1. The minimum Gasteiger partial charge on any atom is -0.341 e. The van der Waals surface area contributed by atoms with Gasteiger partial charge in [-0.2, -0.15) is 0 Å². The van der Waals surface area contributed by atoms with Crippen LogP contribution in [0.1, 0.15) is 12.8 Å². The normalized spacial score (nSPS) is 13.8. The molecule has 29 heavy (non-hydrogen) atoms. The number of anilines is 1. The highest BCUT2D eigenvalue weighted by atomic mass is 32.2. The maximum atomic E-state index is 13.3. The van der Waals surface area contributed by atoms with E-state index in [0.29, 0.717) is 12.2 Å². The summed E-state index contributed by atoms with van der Waals surface area (Å²) in [5, 5.41) is 3.73. The predicted molar refractivity (Wildman–Crippen MR) is 114 cm³/mol. The van der Waals surface area contributed by atoms with Crippen LogP contribution in [0.25, 0.3) is 10.9 Å². The summed E-state index contributed by atoms with van der Waals surface area (Å²) in [6.07, 6.45) is 4.08. The zero-order valence-corrected chi connectivity index (χ0v) is 16.8. The summed E-state index contributed by atoms with van der Waals surface area (Å²) in [4.78, 5) is 27.7. The van der Waals surface area contributed by atoms with Gasteiger partial charge in [-0.25, -0.2) is 4.39 Å². The van der Waals surface area contributed by atoms with Crippen LogP contribution in [0.2, 0.25) is 0 Å². The van der Waals surface area contributed by atoms with Gasteiger partial charge in [0.05, 0.1) is 5.75 Å². The molecule has 0 atom stereocenters. The molecular formula is C22H22FN3O2S. The second-order valence-corrected chi connectivity index (χ2v) is 8.09. The van der Waals surface area contributed by atoms with E-state index in [2.05, 4.69) is 5.32 Å². The van der Waals surface area contributed by atoms with Crippen LogP contribution < -0.4 is 5.32 Å². The zero-order valence-electron chi connectivity index (χ0n) is 15.9. The fraction of sp³-hybridized carbons (Fsp3) is 0.273. The smallest absolute Gasteiger partial charge is 0.242 e. The van der Waals surface area contributed by atoms with Crippen LogP contribution in [-0.4, -0.2) is 40.1 Å². The molecule has 0 bridgehead atoms. The number of thioether (sulfide) groups is 1. The van der Waals surface area contributed by atoms with Crippen LogP contribution in [0.3, 0.4) is 0 Å². The van der Waals surface area contributed by atoms with Crippen molar-refractivity contribution in [1.82, 2.24) is 9.47 Å². The second-order valence-electron chi connectivity index (χ2n) is 7.07. The average molecular weight is 412 g/mol. The molecule has 2 aromatic carbocycles. The van der Waals surface area contributed by atoms with E-state index in [-0.39, 0.29) is 23.4 Å². The molecule has 0 aliphatic carbocycles. The van der Waals surface area contributed by atoms with E-state index < -0.39 is 0 Å². The molecule has 1 N–H and O–H groups in total. The molecule has 2 amide bonds. The standard InChI is InChI=1S/C22H22FN3O2S/c23-16-6-5-7-17(12-16)24-21(27)15-29-20-13-26(19-9-2-1-8-18(19)20)14-22(28)25-10-3-4-11-25/h1-2,5-9,12-13H,3-4,10-11,14-15H2,(H,24,27). The van der Waals surface area contributed by atoms with E-state index in [1.54, 1.807) is 12.1 Å². The van der Waals surface area contributed by atoms with Crippen molar-refractivity contribution in [3.05, 3.63) is 60.5 Å². The van der Waals surface area contributed by atoms with Crippen molar-refractivity contribution in [3.63, 3.8) is 0 Å². The maximum Gasteiger partial charge on any atom is 0.242 e.